The molecule has 0 radical (unpaired) electrons. The van der Waals surface area contributed by atoms with Crippen molar-refractivity contribution in [3.8, 4) is 23.0 Å². The van der Waals surface area contributed by atoms with Crippen LogP contribution in [0.25, 0.3) is 0 Å². The average molecular weight is 298 g/mol. The lowest BCUT2D eigenvalue weighted by atomic mass is 10.1. The van der Waals surface area contributed by atoms with E-state index in [1.54, 1.807) is 30.3 Å². The molecule has 0 aliphatic carbocycles. The lowest BCUT2D eigenvalue weighted by Gasteiger charge is -2.09. The quantitative estimate of drug-likeness (QED) is 0.639. The average Bonchev–Trinajstić information content (AvgIpc) is 3.18. The van der Waals surface area contributed by atoms with E-state index in [1.165, 1.54) is 6.07 Å². The van der Waals surface area contributed by atoms with Gasteiger partial charge in [0.15, 0.2) is 23.0 Å². The second-order valence-electron chi connectivity index (χ2n) is 4.82. The fourth-order valence-corrected chi connectivity index (χ4v) is 2.34. The molecule has 6 nitrogen and oxygen atoms in total. The number of rotatable bonds is 3. The summed E-state index contributed by atoms with van der Waals surface area (Å²) < 4.78 is 21.4. The number of aldehydes is 1. The molecule has 0 amide bonds. The molecule has 2 aliphatic heterocycles. The van der Waals surface area contributed by atoms with Crippen LogP contribution in [0, 0.1) is 0 Å². The zero-order chi connectivity index (χ0) is 15.1. The summed E-state index contributed by atoms with van der Waals surface area (Å²) in [6.45, 7) is 0.142. The van der Waals surface area contributed by atoms with Crippen molar-refractivity contribution < 1.29 is 28.5 Å². The third kappa shape index (κ3) is 1.96. The van der Waals surface area contributed by atoms with Gasteiger partial charge in [-0.1, -0.05) is 0 Å². The standard InChI is InChI=1S/C16H10O6/c17-7-9-1-3-12-14(5-9)22-16(21-12)15(18)10-2-4-11-13(6-10)20-8-19-11/h1-7,16H,8H2. The normalized spacial score (nSPS) is 17.4. The van der Waals surface area contributed by atoms with Gasteiger partial charge in [-0.25, -0.2) is 0 Å². The zero-order valence-electron chi connectivity index (χ0n) is 11.3. The van der Waals surface area contributed by atoms with Crippen molar-refractivity contribution in [1.82, 2.24) is 0 Å². The van der Waals surface area contributed by atoms with Gasteiger partial charge in [-0.3, -0.25) is 9.59 Å². The highest BCUT2D eigenvalue weighted by Crippen LogP contribution is 2.37. The van der Waals surface area contributed by atoms with Gasteiger partial charge in [0.2, 0.25) is 12.6 Å². The molecule has 4 rings (SSSR count). The van der Waals surface area contributed by atoms with Crippen molar-refractivity contribution in [2.24, 2.45) is 0 Å². The second kappa shape index (κ2) is 4.77. The van der Waals surface area contributed by atoms with Crippen LogP contribution in [0.3, 0.4) is 0 Å². The van der Waals surface area contributed by atoms with E-state index in [2.05, 4.69) is 0 Å². The van der Waals surface area contributed by atoms with Crippen LogP contribution in [0.4, 0.5) is 0 Å². The summed E-state index contributed by atoms with van der Waals surface area (Å²) in [5, 5.41) is 0. The Labute approximate surface area is 125 Å². The van der Waals surface area contributed by atoms with Crippen LogP contribution in [-0.2, 0) is 0 Å². The number of benzene rings is 2. The molecule has 22 heavy (non-hydrogen) atoms. The predicted octanol–water partition coefficient (Wildman–Crippen LogP) is 2.21. The van der Waals surface area contributed by atoms with Gasteiger partial charge in [0.25, 0.3) is 0 Å². The molecule has 6 heteroatoms. The van der Waals surface area contributed by atoms with E-state index in [0.29, 0.717) is 40.4 Å². The molecule has 0 fully saturated rings. The molecule has 0 N–H and O–H groups in total. The number of ketones is 1. The minimum atomic E-state index is -1.07. The maximum Gasteiger partial charge on any atom is 0.305 e. The van der Waals surface area contributed by atoms with Crippen molar-refractivity contribution >= 4 is 12.1 Å². The van der Waals surface area contributed by atoms with Gasteiger partial charge in [0.1, 0.15) is 6.29 Å². The fourth-order valence-electron chi connectivity index (χ4n) is 2.34. The molecule has 1 atom stereocenters. The Balaban J connectivity index is 1.58. The van der Waals surface area contributed by atoms with Crippen molar-refractivity contribution in [2.45, 2.75) is 6.29 Å². The predicted molar refractivity (Wildman–Crippen MR) is 73.8 cm³/mol. The van der Waals surface area contributed by atoms with Gasteiger partial charge in [-0.15, -0.1) is 0 Å². The summed E-state index contributed by atoms with van der Waals surface area (Å²) in [4.78, 5) is 23.2. The molecule has 0 spiro atoms. The number of ether oxygens (including phenoxy) is 4. The molecule has 0 bridgehead atoms. The molecule has 0 saturated carbocycles. The van der Waals surface area contributed by atoms with Crippen molar-refractivity contribution in [1.29, 1.82) is 0 Å². The number of hydrogen-bond donors (Lipinski definition) is 0. The Morgan fingerprint density at radius 1 is 0.955 bits per heavy atom. The van der Waals surface area contributed by atoms with Gasteiger partial charge in [-0.05, 0) is 36.4 Å². The van der Waals surface area contributed by atoms with Crippen LogP contribution in [-0.4, -0.2) is 25.2 Å². The molecular weight excluding hydrogens is 288 g/mol. The maximum atomic E-state index is 12.5. The van der Waals surface area contributed by atoms with Gasteiger partial charge >= 0.3 is 6.29 Å². The summed E-state index contributed by atoms with van der Waals surface area (Å²) in [6.07, 6.45) is -0.367. The van der Waals surface area contributed by atoms with Crippen LogP contribution in [0.5, 0.6) is 23.0 Å². The lowest BCUT2D eigenvalue weighted by molar-refractivity contribution is 0.0371. The van der Waals surface area contributed by atoms with Gasteiger partial charge in [0, 0.05) is 11.1 Å². The van der Waals surface area contributed by atoms with Crippen molar-refractivity contribution in [2.75, 3.05) is 6.79 Å². The minimum Gasteiger partial charge on any atom is -0.454 e. The van der Waals surface area contributed by atoms with E-state index >= 15 is 0 Å². The van der Waals surface area contributed by atoms with Gasteiger partial charge in [0.05, 0.1) is 0 Å². The van der Waals surface area contributed by atoms with E-state index in [4.69, 9.17) is 18.9 Å². The fraction of sp³-hybridized carbons (Fsp3) is 0.125. The lowest BCUT2D eigenvalue weighted by Crippen LogP contribution is -2.29. The summed E-state index contributed by atoms with van der Waals surface area (Å²) in [5.74, 6) is 1.60. The number of Topliss-reactive ketones (excluding diaryl/α,β-unsaturated/α-hetero) is 1. The van der Waals surface area contributed by atoms with Crippen LogP contribution in [0.1, 0.15) is 20.7 Å². The molecule has 0 aromatic heterocycles. The van der Waals surface area contributed by atoms with E-state index in [-0.39, 0.29) is 12.6 Å². The van der Waals surface area contributed by atoms with Gasteiger partial charge in [-0.2, -0.15) is 0 Å². The molecule has 1 unspecified atom stereocenters. The molecule has 2 aromatic carbocycles. The molecule has 2 aromatic rings. The molecule has 2 heterocycles. The first kappa shape index (κ1) is 12.7. The van der Waals surface area contributed by atoms with Crippen molar-refractivity contribution in [3.05, 3.63) is 47.5 Å². The molecular formula is C16H10O6. The Kier molecular flexibility index (Phi) is 2.75. The minimum absolute atomic E-state index is 0.142. The summed E-state index contributed by atoms with van der Waals surface area (Å²) in [7, 11) is 0. The number of fused-ring (bicyclic) bond motifs is 2. The maximum absolute atomic E-state index is 12.5. The van der Waals surface area contributed by atoms with Crippen molar-refractivity contribution in [3.63, 3.8) is 0 Å². The first-order valence-electron chi connectivity index (χ1n) is 6.61. The Bertz CT molecular complexity index is 782. The molecule has 2 aliphatic rings. The Morgan fingerprint density at radius 2 is 1.73 bits per heavy atom. The molecule has 0 saturated heterocycles. The van der Waals surface area contributed by atoms with Crippen LogP contribution < -0.4 is 18.9 Å². The highest BCUT2D eigenvalue weighted by atomic mass is 16.7. The highest BCUT2D eigenvalue weighted by molar-refractivity contribution is 6.00. The number of carbonyl (C=O) groups is 2. The third-order valence-corrected chi connectivity index (χ3v) is 3.44. The highest BCUT2D eigenvalue weighted by Gasteiger charge is 2.32. The Hall–Kier alpha value is -3.02. The van der Waals surface area contributed by atoms with E-state index < -0.39 is 6.29 Å². The van der Waals surface area contributed by atoms with E-state index in [0.717, 1.165) is 0 Å². The summed E-state index contributed by atoms with van der Waals surface area (Å²) in [6, 6.07) is 9.63. The third-order valence-electron chi connectivity index (χ3n) is 3.44. The smallest absolute Gasteiger partial charge is 0.305 e. The number of carbonyl (C=O) groups excluding carboxylic acids is 2. The first-order chi connectivity index (χ1) is 10.7. The van der Waals surface area contributed by atoms with E-state index in [9.17, 15) is 9.59 Å². The Morgan fingerprint density at radius 3 is 2.59 bits per heavy atom. The van der Waals surface area contributed by atoms with Crippen LogP contribution in [0.2, 0.25) is 0 Å². The monoisotopic (exact) mass is 298 g/mol. The largest absolute Gasteiger partial charge is 0.454 e. The first-order valence-corrected chi connectivity index (χ1v) is 6.61. The topological polar surface area (TPSA) is 71.1 Å². The second-order valence-corrected chi connectivity index (χ2v) is 4.82. The molecule has 110 valence electrons. The zero-order valence-corrected chi connectivity index (χ0v) is 11.3. The van der Waals surface area contributed by atoms with Gasteiger partial charge < -0.3 is 18.9 Å². The summed E-state index contributed by atoms with van der Waals surface area (Å²) in [5.41, 5.74) is 0.858. The van der Waals surface area contributed by atoms with Crippen LogP contribution in [0.15, 0.2) is 36.4 Å². The van der Waals surface area contributed by atoms with E-state index in [1.807, 2.05) is 0 Å². The SMILES string of the molecule is O=Cc1ccc2c(c1)OC(C(=O)c1ccc3c(c1)OCO3)O2. The summed E-state index contributed by atoms with van der Waals surface area (Å²) >= 11 is 0. The van der Waals surface area contributed by atoms with Crippen LogP contribution >= 0.6 is 0 Å². The number of hydrogen-bond acceptors (Lipinski definition) is 6.